The minimum absolute atomic E-state index is 0.311. The summed E-state index contributed by atoms with van der Waals surface area (Å²) in [5.41, 5.74) is 6.95. The first-order valence-corrected chi connectivity index (χ1v) is 10.1. The van der Waals surface area contributed by atoms with Crippen molar-refractivity contribution < 1.29 is 4.74 Å². The van der Waals surface area contributed by atoms with E-state index in [4.69, 9.17) is 4.74 Å². The van der Waals surface area contributed by atoms with E-state index in [2.05, 4.69) is 64.3 Å². The van der Waals surface area contributed by atoms with Crippen LogP contribution in [0.3, 0.4) is 0 Å². The summed E-state index contributed by atoms with van der Waals surface area (Å²) in [6.45, 7) is 4.21. The number of piperazine rings is 1. The molecule has 0 aliphatic carbocycles. The van der Waals surface area contributed by atoms with Crippen molar-refractivity contribution in [1.29, 1.82) is 0 Å². The number of nitrogens with zero attached hydrogens (tertiary/aromatic N) is 2. The predicted octanol–water partition coefficient (Wildman–Crippen LogP) is 3.36. The Morgan fingerprint density at radius 1 is 1.11 bits per heavy atom. The van der Waals surface area contributed by atoms with Gasteiger partial charge in [0.1, 0.15) is 5.75 Å². The smallest absolute Gasteiger partial charge is 0.122 e. The standard InChI is InChI=1S/C23H25N3O/c1-25-9-10-26-17(14-25)13-19-18-4-2-3-5-20(18)24-22(19)23(26)16-6-7-21-15(12-16)8-11-27-21/h2-7,12,17,23-24H,8-11,13-14H2,1H3/t17-,23+/m1/s1. The summed E-state index contributed by atoms with van der Waals surface area (Å²) in [7, 11) is 2.25. The van der Waals surface area contributed by atoms with Crippen LogP contribution < -0.4 is 4.74 Å². The normalized spacial score (nSPS) is 25.1. The molecule has 4 heteroatoms. The molecule has 6 rings (SSSR count). The maximum absolute atomic E-state index is 5.75. The van der Waals surface area contributed by atoms with Gasteiger partial charge in [-0.15, -0.1) is 0 Å². The van der Waals surface area contributed by atoms with Crippen molar-refractivity contribution >= 4 is 10.9 Å². The maximum atomic E-state index is 5.75. The fourth-order valence-electron chi connectivity index (χ4n) is 5.36. The monoisotopic (exact) mass is 359 g/mol. The lowest BCUT2D eigenvalue weighted by atomic mass is 9.86. The van der Waals surface area contributed by atoms with Crippen LogP contribution in [0.1, 0.15) is 28.4 Å². The minimum Gasteiger partial charge on any atom is -0.493 e. The van der Waals surface area contributed by atoms with Crippen molar-refractivity contribution in [1.82, 2.24) is 14.8 Å². The van der Waals surface area contributed by atoms with Gasteiger partial charge in [0.15, 0.2) is 0 Å². The number of H-pyrrole nitrogens is 1. The molecule has 0 bridgehead atoms. The van der Waals surface area contributed by atoms with Crippen molar-refractivity contribution in [2.75, 3.05) is 33.3 Å². The summed E-state index contributed by atoms with van der Waals surface area (Å²) in [4.78, 5) is 9.00. The van der Waals surface area contributed by atoms with E-state index in [1.54, 1.807) is 0 Å². The van der Waals surface area contributed by atoms with Gasteiger partial charge < -0.3 is 14.6 Å². The molecule has 0 amide bonds. The average Bonchev–Trinajstić information content (AvgIpc) is 3.29. The van der Waals surface area contributed by atoms with E-state index in [9.17, 15) is 0 Å². The van der Waals surface area contributed by atoms with Crippen LogP contribution in [0.2, 0.25) is 0 Å². The number of hydrogen-bond donors (Lipinski definition) is 1. The van der Waals surface area contributed by atoms with E-state index < -0.39 is 0 Å². The lowest BCUT2D eigenvalue weighted by molar-refractivity contribution is 0.0546. The number of nitrogens with one attached hydrogen (secondary N) is 1. The molecule has 0 radical (unpaired) electrons. The Morgan fingerprint density at radius 3 is 3.00 bits per heavy atom. The molecule has 1 N–H and O–H groups in total. The Bertz CT molecular complexity index is 1020. The number of aromatic amines is 1. The topological polar surface area (TPSA) is 31.5 Å². The van der Waals surface area contributed by atoms with Crippen LogP contribution in [-0.2, 0) is 12.8 Å². The van der Waals surface area contributed by atoms with Crippen LogP contribution in [0.15, 0.2) is 42.5 Å². The summed E-state index contributed by atoms with van der Waals surface area (Å²) in [5, 5.41) is 1.40. The van der Waals surface area contributed by atoms with Gasteiger partial charge in [-0.3, -0.25) is 4.90 Å². The van der Waals surface area contributed by atoms with E-state index in [1.165, 1.54) is 33.3 Å². The van der Waals surface area contributed by atoms with Gasteiger partial charge in [0, 0.05) is 48.7 Å². The lowest BCUT2D eigenvalue weighted by Crippen LogP contribution is -2.56. The fraction of sp³-hybridized carbons (Fsp3) is 0.391. The van der Waals surface area contributed by atoms with Crippen molar-refractivity contribution in [2.24, 2.45) is 0 Å². The van der Waals surface area contributed by atoms with Gasteiger partial charge in [-0.1, -0.05) is 30.3 Å². The quantitative estimate of drug-likeness (QED) is 0.723. The van der Waals surface area contributed by atoms with Gasteiger partial charge in [0.25, 0.3) is 0 Å². The summed E-state index contributed by atoms with van der Waals surface area (Å²) >= 11 is 0. The molecule has 3 aliphatic rings. The molecule has 1 fully saturated rings. The Kier molecular flexibility index (Phi) is 3.41. The molecule has 4 heterocycles. The SMILES string of the molecule is CN1CCN2[C@H](Cc3c([nH]c4ccccc34)[C@@H]2c2ccc3c(c2)CCO3)C1. The molecule has 2 atom stereocenters. The molecule has 4 nitrogen and oxygen atoms in total. The molecule has 1 aromatic heterocycles. The van der Waals surface area contributed by atoms with Crippen molar-refractivity contribution in [3.63, 3.8) is 0 Å². The van der Waals surface area contributed by atoms with Crippen LogP contribution in [-0.4, -0.2) is 54.1 Å². The molecular formula is C23H25N3O. The van der Waals surface area contributed by atoms with Gasteiger partial charge in [-0.25, -0.2) is 0 Å². The third kappa shape index (κ3) is 2.36. The number of ether oxygens (including phenoxy) is 1. The fourth-order valence-corrected chi connectivity index (χ4v) is 5.36. The van der Waals surface area contributed by atoms with Gasteiger partial charge in [0.2, 0.25) is 0 Å². The summed E-state index contributed by atoms with van der Waals surface area (Å²) in [5.74, 6) is 1.07. The Morgan fingerprint density at radius 2 is 2.04 bits per heavy atom. The second-order valence-electron chi connectivity index (χ2n) is 8.29. The number of hydrogen-bond acceptors (Lipinski definition) is 3. The third-order valence-electron chi connectivity index (χ3n) is 6.65. The summed E-state index contributed by atoms with van der Waals surface area (Å²) in [6.07, 6.45) is 2.16. The van der Waals surface area contributed by atoms with Crippen molar-refractivity contribution in [3.05, 3.63) is 64.8 Å². The zero-order valence-electron chi connectivity index (χ0n) is 15.7. The zero-order chi connectivity index (χ0) is 18.0. The lowest BCUT2D eigenvalue weighted by Gasteiger charge is -2.47. The third-order valence-corrected chi connectivity index (χ3v) is 6.65. The second-order valence-corrected chi connectivity index (χ2v) is 8.29. The Labute approximate surface area is 159 Å². The summed E-state index contributed by atoms with van der Waals surface area (Å²) < 4.78 is 5.75. The highest BCUT2D eigenvalue weighted by Crippen LogP contribution is 2.42. The molecule has 1 saturated heterocycles. The number of rotatable bonds is 1. The molecule has 27 heavy (non-hydrogen) atoms. The molecule has 138 valence electrons. The number of benzene rings is 2. The van der Waals surface area contributed by atoms with Crippen LogP contribution in [0.4, 0.5) is 0 Å². The Hall–Kier alpha value is -2.30. The zero-order valence-corrected chi connectivity index (χ0v) is 15.7. The number of para-hydroxylation sites is 1. The first-order chi connectivity index (χ1) is 13.3. The van der Waals surface area contributed by atoms with E-state index in [-0.39, 0.29) is 0 Å². The largest absolute Gasteiger partial charge is 0.493 e. The van der Waals surface area contributed by atoms with Gasteiger partial charge >= 0.3 is 0 Å². The highest BCUT2D eigenvalue weighted by molar-refractivity contribution is 5.85. The van der Waals surface area contributed by atoms with Crippen LogP contribution in [0, 0.1) is 0 Å². The Balaban J connectivity index is 1.54. The van der Waals surface area contributed by atoms with Gasteiger partial charge in [0.05, 0.1) is 12.6 Å². The first-order valence-electron chi connectivity index (χ1n) is 10.1. The molecule has 3 aliphatic heterocycles. The van der Waals surface area contributed by atoms with Crippen LogP contribution in [0.25, 0.3) is 10.9 Å². The maximum Gasteiger partial charge on any atom is 0.122 e. The van der Waals surface area contributed by atoms with E-state index in [0.29, 0.717) is 12.1 Å². The predicted molar refractivity (Wildman–Crippen MR) is 107 cm³/mol. The van der Waals surface area contributed by atoms with Gasteiger partial charge in [-0.05, 0) is 42.3 Å². The molecule has 0 unspecified atom stereocenters. The van der Waals surface area contributed by atoms with E-state index in [0.717, 1.165) is 44.8 Å². The second kappa shape index (κ2) is 5.85. The molecule has 0 saturated carbocycles. The number of likely N-dealkylation sites (N-methyl/N-ethyl adjacent to an activating group) is 1. The first kappa shape index (κ1) is 15.7. The van der Waals surface area contributed by atoms with E-state index in [1.807, 2.05) is 0 Å². The number of fused-ring (bicyclic) bond motifs is 5. The molecule has 0 spiro atoms. The summed E-state index contributed by atoms with van der Waals surface area (Å²) in [6, 6.07) is 16.5. The van der Waals surface area contributed by atoms with Crippen LogP contribution in [0.5, 0.6) is 5.75 Å². The molecule has 3 aromatic rings. The highest BCUT2D eigenvalue weighted by atomic mass is 16.5. The minimum atomic E-state index is 0.311. The number of aromatic nitrogens is 1. The average molecular weight is 359 g/mol. The highest BCUT2D eigenvalue weighted by Gasteiger charge is 2.40. The van der Waals surface area contributed by atoms with E-state index >= 15 is 0 Å². The van der Waals surface area contributed by atoms with Crippen LogP contribution >= 0.6 is 0 Å². The van der Waals surface area contributed by atoms with Crippen molar-refractivity contribution in [2.45, 2.75) is 24.9 Å². The van der Waals surface area contributed by atoms with Crippen molar-refractivity contribution in [3.8, 4) is 5.75 Å². The molecular weight excluding hydrogens is 334 g/mol. The van der Waals surface area contributed by atoms with Gasteiger partial charge in [-0.2, -0.15) is 0 Å². The molecule has 2 aromatic carbocycles.